The molecule has 0 radical (unpaired) electrons. The lowest BCUT2D eigenvalue weighted by Crippen LogP contribution is -2.40. The number of methoxy groups -OCH3 is 1. The molecule has 9 heteroatoms. The third-order valence-electron chi connectivity index (χ3n) is 5.58. The standard InChI is InChI=1S/C23H23N3O5S/c1-31-18-8-11-24-22-19(18)17(14-25-22)20(27)23(28)26-12-9-16(10-13-26)21(32(2,29)30)15-6-4-3-5-7-15/h3-8,11,14H,9-10,12-13H2,1-2H3,(H,24,25). The molecule has 3 heterocycles. The van der Waals surface area contributed by atoms with Gasteiger partial charge in [-0.15, -0.1) is 0 Å². The molecule has 0 bridgehead atoms. The summed E-state index contributed by atoms with van der Waals surface area (Å²) in [6, 6.07) is 10.6. The number of nitrogens with one attached hydrogen (secondary N) is 1. The average molecular weight is 454 g/mol. The molecule has 1 aliphatic heterocycles. The van der Waals surface area contributed by atoms with E-state index in [0.717, 1.165) is 5.57 Å². The van der Waals surface area contributed by atoms with E-state index < -0.39 is 21.5 Å². The predicted molar refractivity (Wildman–Crippen MR) is 121 cm³/mol. The third kappa shape index (κ3) is 4.03. The molecule has 3 aromatic rings. The van der Waals surface area contributed by atoms with Gasteiger partial charge in [0.25, 0.3) is 11.7 Å². The minimum Gasteiger partial charge on any atom is -0.496 e. The van der Waals surface area contributed by atoms with Gasteiger partial charge in [0.05, 0.1) is 23.0 Å². The first-order chi connectivity index (χ1) is 15.3. The minimum absolute atomic E-state index is 0.206. The number of ketones is 1. The second-order valence-electron chi connectivity index (χ2n) is 7.63. The van der Waals surface area contributed by atoms with Crippen LogP contribution in [0.15, 0.2) is 54.4 Å². The van der Waals surface area contributed by atoms with E-state index >= 15 is 0 Å². The van der Waals surface area contributed by atoms with Gasteiger partial charge in [0.1, 0.15) is 11.4 Å². The second-order valence-corrected chi connectivity index (χ2v) is 9.58. The summed E-state index contributed by atoms with van der Waals surface area (Å²) in [6.07, 6.45) is 4.98. The van der Waals surface area contributed by atoms with Gasteiger partial charge in [0.2, 0.25) is 0 Å². The summed E-state index contributed by atoms with van der Waals surface area (Å²) in [7, 11) is -1.97. The van der Waals surface area contributed by atoms with E-state index in [0.29, 0.717) is 40.1 Å². The number of piperidine rings is 1. The van der Waals surface area contributed by atoms with E-state index in [2.05, 4.69) is 9.97 Å². The maximum atomic E-state index is 13.0. The van der Waals surface area contributed by atoms with Gasteiger partial charge in [-0.05, 0) is 30.0 Å². The highest BCUT2D eigenvalue weighted by molar-refractivity contribution is 8.00. The van der Waals surface area contributed by atoms with Crippen molar-refractivity contribution in [2.75, 3.05) is 26.5 Å². The summed E-state index contributed by atoms with van der Waals surface area (Å²) in [6.45, 7) is 0.535. The van der Waals surface area contributed by atoms with E-state index in [-0.39, 0.29) is 18.7 Å². The maximum Gasteiger partial charge on any atom is 0.295 e. The normalized spacial score (nSPS) is 14.4. The number of ether oxygens (including phenoxy) is 1. The lowest BCUT2D eigenvalue weighted by atomic mass is 9.99. The van der Waals surface area contributed by atoms with Gasteiger partial charge in [0.15, 0.2) is 9.84 Å². The number of H-pyrrole nitrogens is 1. The number of carbonyl (C=O) groups excluding carboxylic acids is 2. The Morgan fingerprint density at radius 3 is 2.41 bits per heavy atom. The van der Waals surface area contributed by atoms with Gasteiger partial charge in [-0.1, -0.05) is 30.3 Å². The zero-order valence-corrected chi connectivity index (χ0v) is 18.6. The number of rotatable bonds is 5. The fourth-order valence-corrected chi connectivity index (χ4v) is 5.40. The van der Waals surface area contributed by atoms with Gasteiger partial charge in [-0.25, -0.2) is 13.4 Å². The molecule has 0 spiro atoms. The first kappa shape index (κ1) is 21.8. The number of aromatic amines is 1. The van der Waals surface area contributed by atoms with Gasteiger partial charge >= 0.3 is 0 Å². The lowest BCUT2D eigenvalue weighted by molar-refractivity contribution is -0.126. The van der Waals surface area contributed by atoms with Crippen LogP contribution >= 0.6 is 0 Å². The van der Waals surface area contributed by atoms with Crippen LogP contribution in [0.5, 0.6) is 5.75 Å². The number of nitrogens with zero attached hydrogens (tertiary/aromatic N) is 2. The molecule has 1 amide bonds. The fraction of sp³-hybridized carbons (Fsp3) is 0.261. The highest BCUT2D eigenvalue weighted by Crippen LogP contribution is 2.32. The molecule has 0 unspecified atom stereocenters. The van der Waals surface area contributed by atoms with E-state index in [1.54, 1.807) is 36.5 Å². The number of pyridine rings is 1. The molecule has 4 rings (SSSR count). The van der Waals surface area contributed by atoms with E-state index in [1.807, 2.05) is 6.07 Å². The molecule has 1 saturated heterocycles. The van der Waals surface area contributed by atoms with Crippen molar-refractivity contribution in [2.45, 2.75) is 12.8 Å². The summed E-state index contributed by atoms with van der Waals surface area (Å²) in [4.78, 5) is 34.8. The van der Waals surface area contributed by atoms with E-state index in [1.165, 1.54) is 24.5 Å². The first-order valence-electron chi connectivity index (χ1n) is 10.1. The van der Waals surface area contributed by atoms with Gasteiger partial charge in [-0.2, -0.15) is 0 Å². The first-order valence-corrected chi connectivity index (χ1v) is 12.0. The highest BCUT2D eigenvalue weighted by atomic mass is 32.2. The Balaban J connectivity index is 1.58. The topological polar surface area (TPSA) is 109 Å². The van der Waals surface area contributed by atoms with Crippen LogP contribution in [-0.2, 0) is 14.6 Å². The van der Waals surface area contributed by atoms with Crippen LogP contribution in [0.1, 0.15) is 28.8 Å². The predicted octanol–water partition coefficient (Wildman–Crippen LogP) is 2.83. The number of likely N-dealkylation sites (tertiary alicyclic amines) is 1. The smallest absolute Gasteiger partial charge is 0.295 e. The van der Waals surface area contributed by atoms with Crippen LogP contribution < -0.4 is 4.74 Å². The Hall–Kier alpha value is -3.46. The number of carbonyl (C=O) groups is 2. The fourth-order valence-electron chi connectivity index (χ4n) is 4.11. The Bertz CT molecular complexity index is 1320. The molecule has 0 saturated carbocycles. The number of hydrogen-bond donors (Lipinski definition) is 1. The molecule has 0 atom stereocenters. The van der Waals surface area contributed by atoms with Crippen molar-refractivity contribution in [1.29, 1.82) is 0 Å². The highest BCUT2D eigenvalue weighted by Gasteiger charge is 2.30. The van der Waals surface area contributed by atoms with Crippen molar-refractivity contribution < 1.29 is 22.7 Å². The zero-order valence-electron chi connectivity index (χ0n) is 17.8. The number of sulfone groups is 1. The van der Waals surface area contributed by atoms with Crippen molar-refractivity contribution in [3.05, 3.63) is 65.5 Å². The zero-order chi connectivity index (χ0) is 22.9. The molecular weight excluding hydrogens is 430 g/mol. The number of hydrogen-bond acceptors (Lipinski definition) is 6. The third-order valence-corrected chi connectivity index (χ3v) is 6.84. The lowest BCUT2D eigenvalue weighted by Gasteiger charge is -2.29. The Labute approximate surface area is 185 Å². The van der Waals surface area contributed by atoms with Crippen molar-refractivity contribution in [1.82, 2.24) is 14.9 Å². The van der Waals surface area contributed by atoms with Crippen LogP contribution in [0.25, 0.3) is 15.9 Å². The van der Waals surface area contributed by atoms with Crippen molar-refractivity contribution >= 4 is 37.5 Å². The Morgan fingerprint density at radius 1 is 1.09 bits per heavy atom. The second kappa shape index (κ2) is 8.58. The summed E-state index contributed by atoms with van der Waals surface area (Å²) in [5.74, 6) is -0.824. The summed E-state index contributed by atoms with van der Waals surface area (Å²) < 4.78 is 30.3. The molecule has 1 aromatic carbocycles. The summed E-state index contributed by atoms with van der Waals surface area (Å²) in [5, 5.41) is 0.467. The molecular formula is C23H23N3O5S. The molecule has 32 heavy (non-hydrogen) atoms. The molecule has 2 aromatic heterocycles. The SMILES string of the molecule is COc1ccnc2[nH]cc(C(=O)C(=O)N3CCC(=C(c4ccccc4)S(C)(=O)=O)CC3)c12. The van der Waals surface area contributed by atoms with Crippen molar-refractivity contribution in [3.8, 4) is 5.75 Å². The van der Waals surface area contributed by atoms with Crippen LogP contribution in [0.3, 0.4) is 0 Å². The quantitative estimate of drug-likeness (QED) is 0.470. The molecule has 1 N–H and O–H groups in total. The Morgan fingerprint density at radius 2 is 1.78 bits per heavy atom. The van der Waals surface area contributed by atoms with E-state index in [9.17, 15) is 18.0 Å². The molecule has 1 aliphatic rings. The van der Waals surface area contributed by atoms with Crippen LogP contribution in [0, 0.1) is 0 Å². The largest absolute Gasteiger partial charge is 0.496 e. The van der Waals surface area contributed by atoms with Crippen LogP contribution in [0.4, 0.5) is 0 Å². The van der Waals surface area contributed by atoms with Crippen molar-refractivity contribution in [2.24, 2.45) is 0 Å². The summed E-state index contributed by atoms with van der Waals surface area (Å²) >= 11 is 0. The minimum atomic E-state index is -3.45. The number of Topliss-reactive ketones (excluding diaryl/α,β-unsaturated/α-hetero) is 1. The van der Waals surface area contributed by atoms with Gasteiger partial charge < -0.3 is 14.6 Å². The molecule has 166 valence electrons. The van der Waals surface area contributed by atoms with Crippen LogP contribution in [-0.4, -0.2) is 61.4 Å². The van der Waals surface area contributed by atoms with Gasteiger partial charge in [0, 0.05) is 31.7 Å². The molecule has 0 aliphatic carbocycles. The monoisotopic (exact) mass is 453 g/mol. The summed E-state index contributed by atoms with van der Waals surface area (Å²) in [5.41, 5.74) is 2.08. The Kier molecular flexibility index (Phi) is 5.84. The molecule has 1 fully saturated rings. The average Bonchev–Trinajstić information content (AvgIpc) is 3.23. The maximum absolute atomic E-state index is 13.0. The van der Waals surface area contributed by atoms with Gasteiger partial charge in [-0.3, -0.25) is 9.59 Å². The number of benzene rings is 1. The molecule has 8 nitrogen and oxygen atoms in total. The van der Waals surface area contributed by atoms with E-state index in [4.69, 9.17) is 4.74 Å². The number of aromatic nitrogens is 2. The number of amides is 1. The van der Waals surface area contributed by atoms with Crippen LogP contribution in [0.2, 0.25) is 0 Å². The van der Waals surface area contributed by atoms with Crippen molar-refractivity contribution in [3.63, 3.8) is 0 Å². The number of fused-ring (bicyclic) bond motifs is 1.